The van der Waals surface area contributed by atoms with Crippen molar-refractivity contribution in [2.24, 2.45) is 5.92 Å². The molecule has 100 valence electrons. The SMILES string of the molecule is Cl.O=C(NCC1CCNC1)c1ccc(Cl)cc1F. The van der Waals surface area contributed by atoms with Gasteiger partial charge in [0, 0.05) is 11.6 Å². The van der Waals surface area contributed by atoms with Crippen molar-refractivity contribution in [3.8, 4) is 0 Å². The van der Waals surface area contributed by atoms with Gasteiger partial charge in [-0.15, -0.1) is 12.4 Å². The maximum absolute atomic E-state index is 13.4. The summed E-state index contributed by atoms with van der Waals surface area (Å²) in [4.78, 5) is 11.7. The molecule has 18 heavy (non-hydrogen) atoms. The smallest absolute Gasteiger partial charge is 0.254 e. The van der Waals surface area contributed by atoms with Crippen LogP contribution in [0.25, 0.3) is 0 Å². The predicted octanol–water partition coefficient (Wildman–Crippen LogP) is 2.24. The van der Waals surface area contributed by atoms with Crippen molar-refractivity contribution in [2.75, 3.05) is 19.6 Å². The van der Waals surface area contributed by atoms with Gasteiger partial charge in [-0.2, -0.15) is 0 Å². The maximum Gasteiger partial charge on any atom is 0.254 e. The van der Waals surface area contributed by atoms with E-state index in [1.54, 1.807) is 0 Å². The Balaban J connectivity index is 0.00000162. The van der Waals surface area contributed by atoms with Crippen LogP contribution in [0.5, 0.6) is 0 Å². The van der Waals surface area contributed by atoms with Crippen LogP contribution in [-0.2, 0) is 0 Å². The Morgan fingerprint density at radius 1 is 1.56 bits per heavy atom. The summed E-state index contributed by atoms with van der Waals surface area (Å²) >= 11 is 5.62. The minimum atomic E-state index is -0.584. The average molecular weight is 293 g/mol. The predicted molar refractivity (Wildman–Crippen MR) is 72.0 cm³/mol. The zero-order chi connectivity index (χ0) is 12.3. The summed E-state index contributed by atoms with van der Waals surface area (Å²) in [6.45, 7) is 2.47. The lowest BCUT2D eigenvalue weighted by molar-refractivity contribution is 0.0944. The number of carbonyl (C=O) groups is 1. The Morgan fingerprint density at radius 2 is 2.33 bits per heavy atom. The monoisotopic (exact) mass is 292 g/mol. The van der Waals surface area contributed by atoms with Gasteiger partial charge < -0.3 is 10.6 Å². The molecule has 1 aromatic rings. The Hall–Kier alpha value is -0.840. The van der Waals surface area contributed by atoms with Gasteiger partial charge in [0.05, 0.1) is 5.56 Å². The van der Waals surface area contributed by atoms with E-state index in [2.05, 4.69) is 10.6 Å². The van der Waals surface area contributed by atoms with E-state index in [-0.39, 0.29) is 23.9 Å². The van der Waals surface area contributed by atoms with E-state index in [0.29, 0.717) is 17.5 Å². The molecule has 1 aliphatic rings. The first kappa shape index (κ1) is 15.2. The number of nitrogens with one attached hydrogen (secondary N) is 2. The lowest BCUT2D eigenvalue weighted by atomic mass is 10.1. The third kappa shape index (κ3) is 3.83. The summed E-state index contributed by atoms with van der Waals surface area (Å²) in [6, 6.07) is 4.06. The summed E-state index contributed by atoms with van der Waals surface area (Å²) in [5, 5.41) is 6.24. The molecule has 1 heterocycles. The second kappa shape index (κ2) is 6.92. The molecule has 2 rings (SSSR count). The minimum Gasteiger partial charge on any atom is -0.352 e. The van der Waals surface area contributed by atoms with Crippen LogP contribution < -0.4 is 10.6 Å². The number of hydrogen-bond acceptors (Lipinski definition) is 2. The van der Waals surface area contributed by atoms with E-state index in [4.69, 9.17) is 11.6 Å². The quantitative estimate of drug-likeness (QED) is 0.897. The largest absolute Gasteiger partial charge is 0.352 e. The number of halogens is 3. The molecule has 3 nitrogen and oxygen atoms in total. The molecule has 1 aliphatic heterocycles. The van der Waals surface area contributed by atoms with Crippen molar-refractivity contribution in [3.05, 3.63) is 34.6 Å². The molecule has 0 saturated carbocycles. The maximum atomic E-state index is 13.4. The van der Waals surface area contributed by atoms with Crippen molar-refractivity contribution in [2.45, 2.75) is 6.42 Å². The molecule has 1 unspecified atom stereocenters. The van der Waals surface area contributed by atoms with Crippen molar-refractivity contribution in [3.63, 3.8) is 0 Å². The molecular formula is C12H15Cl2FN2O. The third-order valence-electron chi connectivity index (χ3n) is 2.89. The lowest BCUT2D eigenvalue weighted by Crippen LogP contribution is -2.30. The fraction of sp³-hybridized carbons (Fsp3) is 0.417. The van der Waals surface area contributed by atoms with Crippen LogP contribution >= 0.6 is 24.0 Å². The summed E-state index contributed by atoms with van der Waals surface area (Å²) in [5.41, 5.74) is 0.0420. The normalized spacial score (nSPS) is 18.2. The van der Waals surface area contributed by atoms with Crippen molar-refractivity contribution in [1.29, 1.82) is 0 Å². The molecule has 0 radical (unpaired) electrons. The topological polar surface area (TPSA) is 41.1 Å². The number of amides is 1. The number of rotatable bonds is 3. The summed E-state index contributed by atoms with van der Waals surface area (Å²) in [5.74, 6) is -0.528. The van der Waals surface area contributed by atoms with Gasteiger partial charge in [0.15, 0.2) is 0 Å². The Bertz CT molecular complexity index is 423. The molecule has 0 aliphatic carbocycles. The summed E-state index contributed by atoms with van der Waals surface area (Å²) in [6.07, 6.45) is 1.05. The van der Waals surface area contributed by atoms with Gasteiger partial charge >= 0.3 is 0 Å². The molecule has 1 atom stereocenters. The van der Waals surface area contributed by atoms with Gasteiger partial charge in [-0.25, -0.2) is 4.39 Å². The molecule has 2 N–H and O–H groups in total. The van der Waals surface area contributed by atoms with Crippen LogP contribution in [0.2, 0.25) is 5.02 Å². The van der Waals surface area contributed by atoms with Crippen LogP contribution in [0, 0.1) is 11.7 Å². The molecule has 0 aromatic heterocycles. The molecule has 1 saturated heterocycles. The van der Waals surface area contributed by atoms with E-state index in [1.807, 2.05) is 0 Å². The van der Waals surface area contributed by atoms with Crippen LogP contribution in [0.4, 0.5) is 4.39 Å². The second-order valence-corrected chi connectivity index (χ2v) is 4.63. The standard InChI is InChI=1S/C12H14ClFN2O.ClH/c13-9-1-2-10(11(14)5-9)12(17)16-7-8-3-4-15-6-8;/h1-2,5,8,15H,3-4,6-7H2,(H,16,17);1H. The van der Waals surface area contributed by atoms with E-state index >= 15 is 0 Å². The van der Waals surface area contributed by atoms with E-state index in [9.17, 15) is 9.18 Å². The highest BCUT2D eigenvalue weighted by molar-refractivity contribution is 6.30. The number of carbonyl (C=O) groups excluding carboxylic acids is 1. The average Bonchev–Trinajstić information content (AvgIpc) is 2.78. The Morgan fingerprint density at radius 3 is 2.94 bits per heavy atom. The molecule has 1 amide bonds. The van der Waals surface area contributed by atoms with Crippen LogP contribution in [0.1, 0.15) is 16.8 Å². The highest BCUT2D eigenvalue weighted by atomic mass is 35.5. The van der Waals surface area contributed by atoms with Gasteiger partial charge in [0.1, 0.15) is 5.82 Å². The summed E-state index contributed by atoms with van der Waals surface area (Å²) < 4.78 is 13.4. The van der Waals surface area contributed by atoms with Crippen molar-refractivity contribution >= 4 is 29.9 Å². The Labute approximate surface area is 116 Å². The molecule has 1 aromatic carbocycles. The van der Waals surface area contributed by atoms with Crippen molar-refractivity contribution in [1.82, 2.24) is 10.6 Å². The van der Waals surface area contributed by atoms with Gasteiger partial charge in [0.2, 0.25) is 0 Å². The van der Waals surface area contributed by atoms with Crippen LogP contribution in [0.15, 0.2) is 18.2 Å². The van der Waals surface area contributed by atoms with E-state index in [1.165, 1.54) is 12.1 Å². The first-order valence-electron chi connectivity index (χ1n) is 5.61. The molecule has 1 fully saturated rings. The zero-order valence-corrected chi connectivity index (χ0v) is 11.3. The summed E-state index contributed by atoms with van der Waals surface area (Å²) in [7, 11) is 0. The lowest BCUT2D eigenvalue weighted by Gasteiger charge is -2.10. The fourth-order valence-corrected chi connectivity index (χ4v) is 2.05. The van der Waals surface area contributed by atoms with Gasteiger partial charge in [-0.3, -0.25) is 4.79 Å². The highest BCUT2D eigenvalue weighted by Gasteiger charge is 2.17. The van der Waals surface area contributed by atoms with E-state index in [0.717, 1.165) is 25.6 Å². The minimum absolute atomic E-state index is 0. The molecule has 6 heteroatoms. The van der Waals surface area contributed by atoms with Gasteiger partial charge in [-0.1, -0.05) is 11.6 Å². The zero-order valence-electron chi connectivity index (χ0n) is 9.71. The molecule has 0 bridgehead atoms. The Kier molecular flexibility index (Phi) is 5.85. The molecule has 0 spiro atoms. The first-order valence-corrected chi connectivity index (χ1v) is 5.98. The second-order valence-electron chi connectivity index (χ2n) is 4.19. The van der Waals surface area contributed by atoms with Crippen LogP contribution in [-0.4, -0.2) is 25.5 Å². The highest BCUT2D eigenvalue weighted by Crippen LogP contribution is 2.14. The first-order chi connectivity index (χ1) is 8.16. The fourth-order valence-electron chi connectivity index (χ4n) is 1.89. The molecular weight excluding hydrogens is 278 g/mol. The van der Waals surface area contributed by atoms with E-state index < -0.39 is 5.82 Å². The van der Waals surface area contributed by atoms with Gasteiger partial charge in [0.25, 0.3) is 5.91 Å². The third-order valence-corrected chi connectivity index (χ3v) is 3.12. The number of hydrogen-bond donors (Lipinski definition) is 2. The van der Waals surface area contributed by atoms with Gasteiger partial charge in [-0.05, 0) is 43.6 Å². The number of benzene rings is 1. The van der Waals surface area contributed by atoms with Crippen molar-refractivity contribution < 1.29 is 9.18 Å². The van der Waals surface area contributed by atoms with Crippen LogP contribution in [0.3, 0.4) is 0 Å².